The molecule has 1 aromatic carbocycles. The number of terminal acetylenes is 1. The lowest BCUT2D eigenvalue weighted by Crippen LogP contribution is -2.10. The van der Waals surface area contributed by atoms with E-state index < -0.39 is 0 Å². The molecule has 0 aromatic heterocycles. The number of para-hydroxylation sites is 1. The Balaban J connectivity index is 2.93. The van der Waals surface area contributed by atoms with Crippen LogP contribution in [0.1, 0.15) is 18.0 Å². The van der Waals surface area contributed by atoms with Gasteiger partial charge >= 0.3 is 0 Å². The van der Waals surface area contributed by atoms with E-state index >= 15 is 0 Å². The molecule has 2 N–H and O–H groups in total. The van der Waals surface area contributed by atoms with Crippen LogP contribution in [0.25, 0.3) is 0 Å². The van der Waals surface area contributed by atoms with Crippen molar-refractivity contribution in [2.75, 3.05) is 7.11 Å². The molecule has 0 spiro atoms. The fourth-order valence-electron chi connectivity index (χ4n) is 1.21. The second-order valence-electron chi connectivity index (χ2n) is 2.76. The van der Waals surface area contributed by atoms with E-state index in [0.717, 1.165) is 11.3 Å². The molecule has 0 heterocycles. The Bertz CT molecular complexity index is 314. The highest BCUT2D eigenvalue weighted by atomic mass is 16.5. The van der Waals surface area contributed by atoms with Gasteiger partial charge in [-0.15, -0.1) is 12.3 Å². The van der Waals surface area contributed by atoms with Crippen molar-refractivity contribution < 1.29 is 4.74 Å². The van der Waals surface area contributed by atoms with Gasteiger partial charge in [0.05, 0.1) is 7.11 Å². The maximum atomic E-state index is 5.86. The number of methoxy groups -OCH3 is 1. The molecule has 13 heavy (non-hydrogen) atoms. The van der Waals surface area contributed by atoms with Crippen LogP contribution < -0.4 is 10.5 Å². The van der Waals surface area contributed by atoms with E-state index in [1.54, 1.807) is 7.11 Å². The average molecular weight is 175 g/mol. The Morgan fingerprint density at radius 3 is 2.85 bits per heavy atom. The number of hydrogen-bond donors (Lipinski definition) is 1. The van der Waals surface area contributed by atoms with Gasteiger partial charge in [0.2, 0.25) is 0 Å². The normalized spacial score (nSPS) is 11.8. The van der Waals surface area contributed by atoms with Gasteiger partial charge in [-0.05, 0) is 6.07 Å². The number of benzene rings is 1. The van der Waals surface area contributed by atoms with Gasteiger partial charge in [-0.2, -0.15) is 0 Å². The molecular formula is C11H13NO. The molecule has 0 aliphatic carbocycles. The summed E-state index contributed by atoms with van der Waals surface area (Å²) >= 11 is 0. The van der Waals surface area contributed by atoms with Crippen molar-refractivity contribution in [3.8, 4) is 18.1 Å². The van der Waals surface area contributed by atoms with Crippen molar-refractivity contribution in [1.82, 2.24) is 0 Å². The van der Waals surface area contributed by atoms with Crippen molar-refractivity contribution in [3.05, 3.63) is 29.8 Å². The highest BCUT2D eigenvalue weighted by Crippen LogP contribution is 2.24. The Hall–Kier alpha value is -1.46. The minimum absolute atomic E-state index is 0.138. The Kier molecular flexibility index (Phi) is 3.36. The third-order valence-electron chi connectivity index (χ3n) is 1.88. The summed E-state index contributed by atoms with van der Waals surface area (Å²) in [5, 5.41) is 0. The second kappa shape index (κ2) is 4.54. The van der Waals surface area contributed by atoms with Gasteiger partial charge in [0.1, 0.15) is 5.75 Å². The van der Waals surface area contributed by atoms with E-state index in [4.69, 9.17) is 16.9 Å². The molecule has 0 aliphatic heterocycles. The molecule has 2 nitrogen and oxygen atoms in total. The van der Waals surface area contributed by atoms with Crippen molar-refractivity contribution in [2.24, 2.45) is 5.73 Å². The third-order valence-corrected chi connectivity index (χ3v) is 1.88. The fourth-order valence-corrected chi connectivity index (χ4v) is 1.21. The molecule has 0 amide bonds. The summed E-state index contributed by atoms with van der Waals surface area (Å²) < 4.78 is 5.16. The van der Waals surface area contributed by atoms with E-state index in [1.165, 1.54) is 0 Å². The van der Waals surface area contributed by atoms with E-state index in [-0.39, 0.29) is 6.04 Å². The van der Waals surface area contributed by atoms with Gasteiger partial charge < -0.3 is 10.5 Å². The molecule has 2 heteroatoms. The molecule has 0 radical (unpaired) electrons. The van der Waals surface area contributed by atoms with Gasteiger partial charge in [0, 0.05) is 18.0 Å². The minimum atomic E-state index is -0.138. The smallest absolute Gasteiger partial charge is 0.123 e. The first-order valence-corrected chi connectivity index (χ1v) is 4.11. The third kappa shape index (κ3) is 2.24. The Labute approximate surface area is 78.7 Å². The lowest BCUT2D eigenvalue weighted by atomic mass is 10.0. The molecule has 0 saturated carbocycles. The summed E-state index contributed by atoms with van der Waals surface area (Å²) in [5.74, 6) is 3.33. The van der Waals surface area contributed by atoms with Crippen molar-refractivity contribution >= 4 is 0 Å². The van der Waals surface area contributed by atoms with Crippen molar-refractivity contribution in [2.45, 2.75) is 12.5 Å². The summed E-state index contributed by atoms with van der Waals surface area (Å²) in [6, 6.07) is 7.51. The van der Waals surface area contributed by atoms with Crippen LogP contribution in [0, 0.1) is 12.3 Å². The summed E-state index contributed by atoms with van der Waals surface area (Å²) in [4.78, 5) is 0. The lowest BCUT2D eigenvalue weighted by Gasteiger charge is -2.12. The first kappa shape index (κ1) is 9.63. The largest absolute Gasteiger partial charge is 0.496 e. The van der Waals surface area contributed by atoms with Crippen molar-refractivity contribution in [1.29, 1.82) is 0 Å². The van der Waals surface area contributed by atoms with Crippen LogP contribution >= 0.6 is 0 Å². The van der Waals surface area contributed by atoms with E-state index in [0.29, 0.717) is 6.42 Å². The van der Waals surface area contributed by atoms with Gasteiger partial charge in [0.25, 0.3) is 0 Å². The fraction of sp³-hybridized carbons (Fsp3) is 0.273. The van der Waals surface area contributed by atoms with E-state index in [2.05, 4.69) is 5.92 Å². The van der Waals surface area contributed by atoms with Gasteiger partial charge in [0.15, 0.2) is 0 Å². The number of rotatable bonds is 3. The first-order valence-electron chi connectivity index (χ1n) is 4.11. The Morgan fingerprint density at radius 2 is 2.23 bits per heavy atom. The van der Waals surface area contributed by atoms with Gasteiger partial charge in [-0.1, -0.05) is 18.2 Å². The zero-order valence-electron chi connectivity index (χ0n) is 7.66. The molecule has 0 saturated heterocycles. The first-order chi connectivity index (χ1) is 6.29. The SMILES string of the molecule is C#CCC(N)c1ccccc1OC. The molecular weight excluding hydrogens is 162 g/mol. The molecule has 68 valence electrons. The maximum Gasteiger partial charge on any atom is 0.123 e. The van der Waals surface area contributed by atoms with E-state index in [9.17, 15) is 0 Å². The minimum Gasteiger partial charge on any atom is -0.496 e. The van der Waals surface area contributed by atoms with Crippen LogP contribution in [0.4, 0.5) is 0 Å². The average Bonchev–Trinajstić information content (AvgIpc) is 2.18. The predicted molar refractivity (Wildman–Crippen MR) is 53.4 cm³/mol. The van der Waals surface area contributed by atoms with E-state index in [1.807, 2.05) is 24.3 Å². The van der Waals surface area contributed by atoms with Crippen molar-refractivity contribution in [3.63, 3.8) is 0 Å². The zero-order chi connectivity index (χ0) is 9.68. The quantitative estimate of drug-likeness (QED) is 0.710. The highest BCUT2D eigenvalue weighted by molar-refractivity contribution is 5.36. The van der Waals surface area contributed by atoms with Crippen LogP contribution in [0.3, 0.4) is 0 Å². The molecule has 0 fully saturated rings. The summed E-state index contributed by atoms with van der Waals surface area (Å²) in [6.45, 7) is 0. The number of ether oxygens (including phenoxy) is 1. The zero-order valence-corrected chi connectivity index (χ0v) is 7.66. The summed E-state index contributed by atoms with van der Waals surface area (Å²) in [5.41, 5.74) is 6.82. The standard InChI is InChI=1S/C11H13NO/c1-3-6-10(12)9-7-4-5-8-11(9)13-2/h1,4-5,7-8,10H,6,12H2,2H3. The molecule has 0 aliphatic rings. The van der Waals surface area contributed by atoms with Crippen LogP contribution in [0.5, 0.6) is 5.75 Å². The van der Waals surface area contributed by atoms with Crippen LogP contribution in [-0.4, -0.2) is 7.11 Å². The van der Waals surface area contributed by atoms with Crippen LogP contribution in [0.15, 0.2) is 24.3 Å². The predicted octanol–water partition coefficient (Wildman–Crippen LogP) is 1.72. The van der Waals surface area contributed by atoms with Crippen LogP contribution in [-0.2, 0) is 0 Å². The lowest BCUT2D eigenvalue weighted by molar-refractivity contribution is 0.406. The number of hydrogen-bond acceptors (Lipinski definition) is 2. The molecule has 1 aromatic rings. The molecule has 1 unspecified atom stereocenters. The summed E-state index contributed by atoms with van der Waals surface area (Å²) in [6.07, 6.45) is 5.72. The molecule has 0 bridgehead atoms. The van der Waals surface area contributed by atoms with Gasteiger partial charge in [-0.3, -0.25) is 0 Å². The number of nitrogens with two attached hydrogens (primary N) is 1. The Morgan fingerprint density at radius 1 is 1.54 bits per heavy atom. The highest BCUT2D eigenvalue weighted by Gasteiger charge is 2.08. The van der Waals surface area contributed by atoms with Crippen LogP contribution in [0.2, 0.25) is 0 Å². The molecule has 1 atom stereocenters. The monoisotopic (exact) mass is 175 g/mol. The topological polar surface area (TPSA) is 35.2 Å². The molecule has 1 rings (SSSR count). The maximum absolute atomic E-state index is 5.86. The van der Waals surface area contributed by atoms with Gasteiger partial charge in [-0.25, -0.2) is 0 Å². The summed E-state index contributed by atoms with van der Waals surface area (Å²) in [7, 11) is 1.63. The second-order valence-corrected chi connectivity index (χ2v) is 2.76.